The van der Waals surface area contributed by atoms with Crippen molar-refractivity contribution >= 4 is 45.3 Å². The minimum Gasteiger partial charge on any atom is -0.166 e. The minimum atomic E-state index is -4.28. The Morgan fingerprint density at radius 3 is 1.86 bits per heavy atom. The van der Waals surface area contributed by atoms with E-state index in [1.54, 1.807) is 22.7 Å². The molecule has 0 saturated heterocycles. The van der Waals surface area contributed by atoms with Crippen LogP contribution >= 0.6 is 45.3 Å². The molecule has 2 aromatic heterocycles. The summed E-state index contributed by atoms with van der Waals surface area (Å²) in [4.78, 5) is 3.29. The summed E-state index contributed by atoms with van der Waals surface area (Å²) in [6, 6.07) is 13.4. The molecule has 6 heteroatoms. The first-order valence-electron chi connectivity index (χ1n) is 5.97. The summed E-state index contributed by atoms with van der Waals surface area (Å²) >= 11 is 5.57. The second-order valence-corrected chi connectivity index (χ2v) is 8.40. The van der Waals surface area contributed by atoms with Crippen molar-refractivity contribution in [3.63, 3.8) is 0 Å². The van der Waals surface area contributed by atoms with E-state index in [1.807, 2.05) is 12.1 Å². The molecule has 0 aliphatic rings. The molecule has 0 N–H and O–H groups in total. The average Bonchev–Trinajstić information content (AvgIpc) is 3.06. The van der Waals surface area contributed by atoms with Gasteiger partial charge in [-0.1, -0.05) is 12.1 Å². The third kappa shape index (κ3) is 3.32. The molecule has 3 aromatic rings. The largest absolute Gasteiger partial charge is 0.416 e. The van der Waals surface area contributed by atoms with Gasteiger partial charge in [0.1, 0.15) is 0 Å². The van der Waals surface area contributed by atoms with E-state index >= 15 is 0 Å². The summed E-state index contributed by atoms with van der Waals surface area (Å²) in [6.45, 7) is 0. The van der Waals surface area contributed by atoms with E-state index in [9.17, 15) is 13.2 Å². The third-order valence-electron chi connectivity index (χ3n) is 2.92. The molecule has 0 unspecified atom stereocenters. The maximum atomic E-state index is 12.6. The van der Waals surface area contributed by atoms with Crippen LogP contribution in [0.15, 0.2) is 48.5 Å². The molecule has 0 fully saturated rings. The molecule has 0 amide bonds. The molecule has 0 bridgehead atoms. The zero-order valence-corrected chi connectivity index (χ0v) is 14.2. The molecule has 21 heavy (non-hydrogen) atoms. The molecular weight excluding hydrogens is 428 g/mol. The quantitative estimate of drug-likeness (QED) is 0.389. The lowest BCUT2D eigenvalue weighted by molar-refractivity contribution is -0.137. The van der Waals surface area contributed by atoms with E-state index in [-0.39, 0.29) is 0 Å². The maximum Gasteiger partial charge on any atom is 0.416 e. The number of halogens is 4. The lowest BCUT2D eigenvalue weighted by atomic mass is 10.1. The predicted octanol–water partition coefficient (Wildman–Crippen LogP) is 6.77. The third-order valence-corrected chi connectivity index (χ3v) is 6.14. The van der Waals surface area contributed by atoms with E-state index in [1.165, 1.54) is 19.9 Å². The van der Waals surface area contributed by atoms with Crippen LogP contribution in [0.3, 0.4) is 0 Å². The smallest absolute Gasteiger partial charge is 0.166 e. The predicted molar refractivity (Wildman–Crippen MR) is 90.8 cm³/mol. The fourth-order valence-electron chi connectivity index (χ4n) is 1.90. The fourth-order valence-corrected chi connectivity index (χ4v) is 4.62. The van der Waals surface area contributed by atoms with Crippen LogP contribution < -0.4 is 0 Å². The molecule has 0 nitrogen and oxygen atoms in total. The number of rotatable bonds is 2. The summed E-state index contributed by atoms with van der Waals surface area (Å²) in [7, 11) is 0. The molecule has 0 aliphatic carbocycles. The van der Waals surface area contributed by atoms with Gasteiger partial charge in [-0.2, -0.15) is 13.2 Å². The first-order valence-corrected chi connectivity index (χ1v) is 8.68. The molecule has 0 radical (unpaired) electrons. The highest BCUT2D eigenvalue weighted by Crippen LogP contribution is 2.38. The van der Waals surface area contributed by atoms with E-state index in [0.717, 1.165) is 27.5 Å². The van der Waals surface area contributed by atoms with E-state index in [0.29, 0.717) is 0 Å². The number of hydrogen-bond acceptors (Lipinski definition) is 2. The van der Waals surface area contributed by atoms with Gasteiger partial charge >= 0.3 is 6.18 Å². The Morgan fingerprint density at radius 1 is 0.714 bits per heavy atom. The zero-order valence-electron chi connectivity index (χ0n) is 10.4. The van der Waals surface area contributed by atoms with Gasteiger partial charge in [0.05, 0.1) is 8.45 Å². The van der Waals surface area contributed by atoms with Gasteiger partial charge in [0.25, 0.3) is 0 Å². The molecule has 1 aromatic carbocycles. The van der Waals surface area contributed by atoms with Gasteiger partial charge in [0.15, 0.2) is 0 Å². The number of thiophene rings is 2. The molecule has 3 rings (SSSR count). The number of benzene rings is 1. The van der Waals surface area contributed by atoms with E-state index < -0.39 is 11.7 Å². The van der Waals surface area contributed by atoms with Crippen LogP contribution in [-0.2, 0) is 6.18 Å². The number of alkyl halides is 3. The lowest BCUT2D eigenvalue weighted by Gasteiger charge is -2.06. The van der Waals surface area contributed by atoms with Crippen LogP contribution in [0.2, 0.25) is 0 Å². The monoisotopic (exact) mass is 436 g/mol. The van der Waals surface area contributed by atoms with Gasteiger partial charge in [0.2, 0.25) is 0 Å². The molecule has 0 saturated carbocycles. The SMILES string of the molecule is FC(F)(F)c1ccc(-c2ccc(-c3ccc(I)s3)s2)cc1. The van der Waals surface area contributed by atoms with Gasteiger partial charge in [-0.25, -0.2) is 0 Å². The molecule has 108 valence electrons. The van der Waals surface area contributed by atoms with Crippen molar-refractivity contribution in [2.24, 2.45) is 0 Å². The average molecular weight is 436 g/mol. The summed E-state index contributed by atoms with van der Waals surface area (Å²) in [5.74, 6) is 0. The van der Waals surface area contributed by atoms with Crippen molar-refractivity contribution in [2.75, 3.05) is 0 Å². The van der Waals surface area contributed by atoms with E-state index in [4.69, 9.17) is 0 Å². The Balaban J connectivity index is 1.90. The van der Waals surface area contributed by atoms with Gasteiger partial charge in [-0.05, 0) is 64.6 Å². The van der Waals surface area contributed by atoms with Crippen LogP contribution in [0, 0.1) is 2.88 Å². The van der Waals surface area contributed by atoms with Gasteiger partial charge in [0, 0.05) is 14.6 Å². The zero-order chi connectivity index (χ0) is 15.0. The Kier molecular flexibility index (Phi) is 4.11. The Labute approximate surface area is 141 Å². The van der Waals surface area contributed by atoms with E-state index in [2.05, 4.69) is 34.7 Å². The summed E-state index contributed by atoms with van der Waals surface area (Å²) in [5, 5.41) is 0. The maximum absolute atomic E-state index is 12.6. The van der Waals surface area contributed by atoms with Crippen LogP contribution in [-0.4, -0.2) is 0 Å². The highest BCUT2D eigenvalue weighted by molar-refractivity contribution is 14.1. The highest BCUT2D eigenvalue weighted by atomic mass is 127. The number of hydrogen-bond donors (Lipinski definition) is 0. The normalized spacial score (nSPS) is 11.8. The van der Waals surface area contributed by atoms with Crippen molar-refractivity contribution < 1.29 is 13.2 Å². The van der Waals surface area contributed by atoms with Crippen LogP contribution in [0.1, 0.15) is 5.56 Å². The molecule has 0 aliphatic heterocycles. The standard InChI is InChI=1S/C15H8F3IS2/c16-15(17,18)10-3-1-9(2-4-10)11-5-6-12(20-11)13-7-8-14(19)21-13/h1-8H. The summed E-state index contributed by atoms with van der Waals surface area (Å²) in [6.07, 6.45) is -4.28. The topological polar surface area (TPSA) is 0 Å². The molecule has 0 spiro atoms. The summed E-state index contributed by atoms with van der Waals surface area (Å²) < 4.78 is 38.9. The second-order valence-electron chi connectivity index (χ2n) is 4.34. The highest BCUT2D eigenvalue weighted by Gasteiger charge is 2.30. The Hall–Kier alpha value is -0.860. The molecule has 0 atom stereocenters. The van der Waals surface area contributed by atoms with Crippen molar-refractivity contribution in [3.8, 4) is 20.2 Å². The van der Waals surface area contributed by atoms with Gasteiger partial charge < -0.3 is 0 Å². The second kappa shape index (κ2) is 5.73. The van der Waals surface area contributed by atoms with Crippen LogP contribution in [0.4, 0.5) is 13.2 Å². The van der Waals surface area contributed by atoms with Crippen molar-refractivity contribution in [2.45, 2.75) is 6.18 Å². The lowest BCUT2D eigenvalue weighted by Crippen LogP contribution is -2.03. The van der Waals surface area contributed by atoms with Gasteiger partial charge in [-0.15, -0.1) is 22.7 Å². The Morgan fingerprint density at radius 2 is 1.29 bits per heavy atom. The minimum absolute atomic E-state index is 0.615. The fraction of sp³-hybridized carbons (Fsp3) is 0.0667. The Bertz CT molecular complexity index is 754. The first kappa shape index (κ1) is 15.1. The van der Waals surface area contributed by atoms with Gasteiger partial charge in [-0.3, -0.25) is 0 Å². The van der Waals surface area contributed by atoms with Crippen molar-refractivity contribution in [1.29, 1.82) is 0 Å². The van der Waals surface area contributed by atoms with Crippen LogP contribution in [0.25, 0.3) is 20.2 Å². The molecule has 2 heterocycles. The van der Waals surface area contributed by atoms with Crippen molar-refractivity contribution in [1.82, 2.24) is 0 Å². The summed E-state index contributed by atoms with van der Waals surface area (Å²) in [5.41, 5.74) is 0.196. The molecular formula is C15H8F3IS2. The van der Waals surface area contributed by atoms with Crippen LogP contribution in [0.5, 0.6) is 0 Å². The first-order chi connectivity index (χ1) is 9.93. The van der Waals surface area contributed by atoms with Crippen molar-refractivity contribution in [3.05, 3.63) is 57.0 Å².